The highest BCUT2D eigenvalue weighted by Crippen LogP contribution is 2.43. The maximum Gasteiger partial charge on any atom is 0.416 e. The first kappa shape index (κ1) is 20.1. The fourth-order valence-electron chi connectivity index (χ4n) is 2.44. The van der Waals surface area contributed by atoms with Gasteiger partial charge in [0.25, 0.3) is 5.91 Å². The van der Waals surface area contributed by atoms with E-state index in [4.69, 9.17) is 32.7 Å². The van der Waals surface area contributed by atoms with Gasteiger partial charge in [0.05, 0.1) is 10.6 Å². The lowest BCUT2D eigenvalue weighted by Gasteiger charge is -2.14. The first-order valence-corrected chi connectivity index (χ1v) is 8.58. The smallest absolute Gasteiger partial charge is 0.416 e. The summed E-state index contributed by atoms with van der Waals surface area (Å²) in [6.07, 6.45) is -4.74. The van der Waals surface area contributed by atoms with Gasteiger partial charge in [0.2, 0.25) is 12.7 Å². The average molecular weight is 435 g/mol. The van der Waals surface area contributed by atoms with Crippen molar-refractivity contribution in [3.05, 3.63) is 46.5 Å². The molecule has 0 saturated carbocycles. The van der Waals surface area contributed by atoms with Crippen molar-refractivity contribution >= 4 is 46.4 Å². The summed E-state index contributed by atoms with van der Waals surface area (Å²) in [6, 6.07) is 5.42. The minimum Gasteiger partial charge on any atom is -0.454 e. The van der Waals surface area contributed by atoms with Crippen LogP contribution in [0, 0.1) is 0 Å². The third kappa shape index (κ3) is 4.26. The van der Waals surface area contributed by atoms with E-state index in [-0.39, 0.29) is 34.5 Å². The number of carbonyl (C=O) groups is 2. The van der Waals surface area contributed by atoms with E-state index in [2.05, 4.69) is 10.6 Å². The number of carbonyl (C=O) groups excluding carboxylic acids is 2. The molecule has 2 amide bonds. The Kier molecular flexibility index (Phi) is 5.57. The number of benzene rings is 2. The fraction of sp³-hybridized carbons (Fsp3) is 0.176. The Morgan fingerprint density at radius 1 is 1.11 bits per heavy atom. The molecule has 0 radical (unpaired) electrons. The molecule has 0 unspecified atom stereocenters. The quantitative estimate of drug-likeness (QED) is 0.693. The van der Waals surface area contributed by atoms with Crippen LogP contribution in [0.5, 0.6) is 11.5 Å². The summed E-state index contributed by atoms with van der Waals surface area (Å²) in [5.41, 5.74) is -1.64. The number of ether oxygens (including phenoxy) is 2. The molecule has 3 rings (SSSR count). The zero-order chi connectivity index (χ0) is 20.5. The van der Waals surface area contributed by atoms with Gasteiger partial charge in [-0.3, -0.25) is 9.59 Å². The van der Waals surface area contributed by atoms with Crippen molar-refractivity contribution in [3.8, 4) is 11.5 Å². The number of hydrogen-bond donors (Lipinski definition) is 2. The highest BCUT2D eigenvalue weighted by atomic mass is 35.5. The van der Waals surface area contributed by atoms with Crippen LogP contribution in [0.15, 0.2) is 30.3 Å². The second-order valence-electron chi connectivity index (χ2n) is 5.59. The van der Waals surface area contributed by atoms with Crippen molar-refractivity contribution in [2.45, 2.75) is 6.18 Å². The van der Waals surface area contributed by atoms with Gasteiger partial charge in [-0.15, -0.1) is 11.6 Å². The molecular weight excluding hydrogens is 424 g/mol. The maximum absolute atomic E-state index is 13.2. The van der Waals surface area contributed by atoms with E-state index < -0.39 is 29.4 Å². The second-order valence-corrected chi connectivity index (χ2v) is 6.26. The van der Waals surface area contributed by atoms with Crippen LogP contribution in [0.3, 0.4) is 0 Å². The fourth-order valence-corrected chi connectivity index (χ4v) is 2.70. The Balaban J connectivity index is 1.96. The number of nitrogens with one attached hydrogen (secondary N) is 2. The molecule has 2 N–H and O–H groups in total. The normalized spacial score (nSPS) is 12.6. The molecule has 0 spiro atoms. The number of alkyl halides is 4. The zero-order valence-corrected chi connectivity index (χ0v) is 15.3. The Morgan fingerprint density at radius 2 is 1.86 bits per heavy atom. The molecule has 0 atom stereocenters. The number of anilines is 2. The van der Waals surface area contributed by atoms with Gasteiger partial charge in [0, 0.05) is 11.3 Å². The predicted octanol–water partition coefficient (Wildman–Crippen LogP) is 4.52. The van der Waals surface area contributed by atoms with Gasteiger partial charge in [0.15, 0.2) is 11.5 Å². The first-order chi connectivity index (χ1) is 13.2. The topological polar surface area (TPSA) is 76.7 Å². The van der Waals surface area contributed by atoms with Crippen LogP contribution < -0.4 is 20.1 Å². The molecule has 1 aliphatic heterocycles. The van der Waals surface area contributed by atoms with E-state index in [1.807, 2.05) is 0 Å². The molecule has 2 aromatic carbocycles. The van der Waals surface area contributed by atoms with Crippen LogP contribution in [0.2, 0.25) is 5.02 Å². The lowest BCUT2D eigenvalue weighted by atomic mass is 10.1. The van der Waals surface area contributed by atoms with Gasteiger partial charge in [-0.25, -0.2) is 0 Å². The lowest BCUT2D eigenvalue weighted by Crippen LogP contribution is -2.18. The maximum atomic E-state index is 13.2. The summed E-state index contributed by atoms with van der Waals surface area (Å²) in [4.78, 5) is 24.0. The van der Waals surface area contributed by atoms with E-state index in [0.29, 0.717) is 17.9 Å². The SMILES string of the molecule is O=C(CCl)Nc1cc(C(=O)Nc2c(Cl)ccc3c2OCO3)cc(C(F)(F)F)c1. The minimum absolute atomic E-state index is 0.0606. The summed E-state index contributed by atoms with van der Waals surface area (Å²) in [5, 5.41) is 4.72. The van der Waals surface area contributed by atoms with E-state index in [1.54, 1.807) is 0 Å². The van der Waals surface area contributed by atoms with Gasteiger partial charge in [-0.2, -0.15) is 13.2 Å². The highest BCUT2D eigenvalue weighted by Gasteiger charge is 2.32. The summed E-state index contributed by atoms with van der Waals surface area (Å²) in [5.74, 6) is -1.57. The summed E-state index contributed by atoms with van der Waals surface area (Å²) >= 11 is 11.4. The molecule has 0 saturated heterocycles. The molecule has 0 aliphatic carbocycles. The van der Waals surface area contributed by atoms with Crippen LogP contribution in [0.1, 0.15) is 15.9 Å². The molecule has 11 heteroatoms. The van der Waals surface area contributed by atoms with Crippen LogP contribution in [0.25, 0.3) is 0 Å². The summed E-state index contributed by atoms with van der Waals surface area (Å²) in [6.45, 7) is -0.0866. The van der Waals surface area contributed by atoms with Gasteiger partial charge in [-0.1, -0.05) is 11.6 Å². The number of halogens is 5. The number of fused-ring (bicyclic) bond motifs is 1. The van der Waals surface area contributed by atoms with E-state index >= 15 is 0 Å². The molecule has 1 heterocycles. The average Bonchev–Trinajstić information content (AvgIpc) is 3.11. The standard InChI is InChI=1S/C17H11Cl2F3N2O4/c18-6-13(25)23-10-4-8(3-9(5-10)17(20,21)22)16(26)24-14-11(19)1-2-12-15(14)28-7-27-12/h1-5H,6-7H2,(H,23,25)(H,24,26). The zero-order valence-electron chi connectivity index (χ0n) is 13.8. The predicted molar refractivity (Wildman–Crippen MR) is 96.3 cm³/mol. The van der Waals surface area contributed by atoms with Crippen molar-refractivity contribution in [2.75, 3.05) is 23.3 Å². The van der Waals surface area contributed by atoms with Crippen LogP contribution >= 0.6 is 23.2 Å². The Hall–Kier alpha value is -2.65. The lowest BCUT2D eigenvalue weighted by molar-refractivity contribution is -0.137. The molecular formula is C17H11Cl2F3N2O4. The number of rotatable bonds is 4. The van der Waals surface area contributed by atoms with Crippen molar-refractivity contribution in [3.63, 3.8) is 0 Å². The Labute approximate surface area is 166 Å². The first-order valence-electron chi connectivity index (χ1n) is 7.66. The van der Waals surface area contributed by atoms with Gasteiger partial charge in [0.1, 0.15) is 11.6 Å². The van der Waals surface area contributed by atoms with Crippen molar-refractivity contribution in [1.29, 1.82) is 0 Å². The Bertz CT molecular complexity index is 951. The van der Waals surface area contributed by atoms with Crippen LogP contribution in [-0.2, 0) is 11.0 Å². The van der Waals surface area contributed by atoms with E-state index in [9.17, 15) is 22.8 Å². The number of hydrogen-bond acceptors (Lipinski definition) is 4. The highest BCUT2D eigenvalue weighted by molar-refractivity contribution is 6.34. The van der Waals surface area contributed by atoms with Crippen molar-refractivity contribution in [1.82, 2.24) is 0 Å². The van der Waals surface area contributed by atoms with Gasteiger partial charge in [-0.05, 0) is 30.3 Å². The molecule has 0 aromatic heterocycles. The van der Waals surface area contributed by atoms with Crippen molar-refractivity contribution < 1.29 is 32.2 Å². The van der Waals surface area contributed by atoms with Gasteiger partial charge >= 0.3 is 6.18 Å². The molecule has 148 valence electrons. The third-order valence-corrected chi connectivity index (χ3v) is 4.21. The van der Waals surface area contributed by atoms with E-state index in [1.165, 1.54) is 12.1 Å². The molecule has 1 aliphatic rings. The second kappa shape index (κ2) is 7.76. The minimum atomic E-state index is -4.74. The molecule has 0 bridgehead atoms. The largest absolute Gasteiger partial charge is 0.454 e. The number of amides is 2. The van der Waals surface area contributed by atoms with Gasteiger partial charge < -0.3 is 20.1 Å². The molecule has 2 aromatic rings. The van der Waals surface area contributed by atoms with E-state index in [0.717, 1.165) is 6.07 Å². The molecule has 0 fully saturated rings. The summed E-state index contributed by atoms with van der Waals surface area (Å²) < 4.78 is 49.9. The Morgan fingerprint density at radius 3 is 2.54 bits per heavy atom. The van der Waals surface area contributed by atoms with Crippen LogP contribution in [0.4, 0.5) is 24.5 Å². The third-order valence-electron chi connectivity index (χ3n) is 3.65. The van der Waals surface area contributed by atoms with Crippen molar-refractivity contribution in [2.24, 2.45) is 0 Å². The summed E-state index contributed by atoms with van der Waals surface area (Å²) in [7, 11) is 0. The van der Waals surface area contributed by atoms with Crippen LogP contribution in [-0.4, -0.2) is 24.5 Å². The monoisotopic (exact) mass is 434 g/mol. The molecule has 6 nitrogen and oxygen atoms in total. The molecule has 28 heavy (non-hydrogen) atoms.